The van der Waals surface area contributed by atoms with Crippen molar-refractivity contribution in [1.82, 2.24) is 4.98 Å². The van der Waals surface area contributed by atoms with Crippen molar-refractivity contribution < 1.29 is 14.6 Å². The summed E-state index contributed by atoms with van der Waals surface area (Å²) in [5, 5.41) is 20.7. The summed E-state index contributed by atoms with van der Waals surface area (Å²) >= 11 is 0. The number of aliphatic hydroxyl groups is 2. The van der Waals surface area contributed by atoms with E-state index in [-0.39, 0.29) is 18.3 Å². The third kappa shape index (κ3) is 4.82. The molecule has 0 saturated heterocycles. The number of rotatable bonds is 9. The Morgan fingerprint density at radius 1 is 1.11 bits per heavy atom. The number of hydrogen-bond acceptors (Lipinski definition) is 3. The molecule has 2 N–H and O–H groups in total. The van der Waals surface area contributed by atoms with E-state index in [2.05, 4.69) is 13.5 Å². The second kappa shape index (κ2) is 9.77. The number of aromatic nitrogens is 1. The Balaban J connectivity index is 2.81. The third-order valence-corrected chi connectivity index (χ3v) is 4.83. The number of nitrogens with zero attached hydrogens (tertiary/aromatic N) is 1. The zero-order chi connectivity index (χ0) is 20.0. The maximum absolute atomic E-state index is 13.5. The molecule has 0 spiro atoms. The molecule has 2 aromatic rings. The molecule has 0 saturated carbocycles. The summed E-state index contributed by atoms with van der Waals surface area (Å²) in [4.78, 5) is 4.74. The van der Waals surface area contributed by atoms with Crippen LogP contribution in [0.3, 0.4) is 0 Å². The van der Waals surface area contributed by atoms with E-state index in [0.717, 1.165) is 53.6 Å². The maximum atomic E-state index is 13.5. The number of hydrogen-bond donors (Lipinski definition) is 2. The van der Waals surface area contributed by atoms with Crippen LogP contribution in [-0.2, 0) is 13.0 Å². The lowest BCUT2D eigenvalue weighted by molar-refractivity contribution is 0.221. The lowest BCUT2D eigenvalue weighted by atomic mass is 9.86. The van der Waals surface area contributed by atoms with Crippen LogP contribution in [0.15, 0.2) is 36.9 Å². The molecule has 0 aliphatic rings. The van der Waals surface area contributed by atoms with Crippen LogP contribution in [0.1, 0.15) is 74.6 Å². The van der Waals surface area contributed by atoms with Crippen LogP contribution in [0.25, 0.3) is 11.1 Å². The average Bonchev–Trinajstić information content (AvgIpc) is 2.67. The zero-order valence-electron chi connectivity index (χ0n) is 16.5. The van der Waals surface area contributed by atoms with Gasteiger partial charge in [0.1, 0.15) is 11.9 Å². The molecule has 3 nitrogen and oxygen atoms in total. The van der Waals surface area contributed by atoms with E-state index in [0.29, 0.717) is 5.69 Å². The van der Waals surface area contributed by atoms with E-state index in [4.69, 9.17) is 4.98 Å². The van der Waals surface area contributed by atoms with Gasteiger partial charge in [-0.3, -0.25) is 4.98 Å². The standard InChI is InChI=1S/C23H30FNO2/c1-5-7-8-9-18-21(16-10-12-17(24)13-11-16)19(14-26)22(15(3)4)25-23(18)20(27)6-2/h6,10-13,15,20,26-27H,2,5,7-9,14H2,1,3-4H3. The molecule has 1 aromatic heterocycles. The third-order valence-electron chi connectivity index (χ3n) is 4.83. The highest BCUT2D eigenvalue weighted by Gasteiger charge is 2.24. The molecule has 0 bridgehead atoms. The summed E-state index contributed by atoms with van der Waals surface area (Å²) in [7, 11) is 0. The second-order valence-electron chi connectivity index (χ2n) is 7.17. The molecule has 0 fully saturated rings. The Labute approximate surface area is 161 Å². The van der Waals surface area contributed by atoms with Crippen LogP contribution < -0.4 is 0 Å². The van der Waals surface area contributed by atoms with Crippen molar-refractivity contribution in [2.24, 2.45) is 0 Å². The minimum absolute atomic E-state index is 0.0757. The molecule has 1 unspecified atom stereocenters. The Bertz CT molecular complexity index is 769. The SMILES string of the molecule is C=CC(O)c1nc(C(C)C)c(CO)c(-c2ccc(F)cc2)c1CCCCC. The van der Waals surface area contributed by atoms with Crippen molar-refractivity contribution in [3.05, 3.63) is 65.3 Å². The number of pyridine rings is 1. The molecule has 0 radical (unpaired) electrons. The topological polar surface area (TPSA) is 53.4 Å². The van der Waals surface area contributed by atoms with E-state index in [1.165, 1.54) is 18.2 Å². The first-order chi connectivity index (χ1) is 12.9. The second-order valence-corrected chi connectivity index (χ2v) is 7.17. The molecule has 1 atom stereocenters. The number of aliphatic hydroxyl groups excluding tert-OH is 2. The van der Waals surface area contributed by atoms with E-state index in [1.54, 1.807) is 12.1 Å². The summed E-state index contributed by atoms with van der Waals surface area (Å²) in [6.07, 6.45) is 4.42. The van der Waals surface area contributed by atoms with Gasteiger partial charge in [0, 0.05) is 11.3 Å². The van der Waals surface area contributed by atoms with Gasteiger partial charge in [-0.25, -0.2) is 4.39 Å². The minimum Gasteiger partial charge on any atom is -0.392 e. The zero-order valence-corrected chi connectivity index (χ0v) is 16.5. The Morgan fingerprint density at radius 3 is 2.30 bits per heavy atom. The summed E-state index contributed by atoms with van der Waals surface area (Å²) in [6, 6.07) is 6.29. The fourth-order valence-electron chi connectivity index (χ4n) is 3.47. The number of benzene rings is 1. The van der Waals surface area contributed by atoms with Crippen molar-refractivity contribution in [3.63, 3.8) is 0 Å². The Morgan fingerprint density at radius 2 is 1.78 bits per heavy atom. The van der Waals surface area contributed by atoms with Gasteiger partial charge in [0.25, 0.3) is 0 Å². The van der Waals surface area contributed by atoms with Gasteiger partial charge in [0.05, 0.1) is 12.3 Å². The molecule has 1 aromatic carbocycles. The molecule has 146 valence electrons. The maximum Gasteiger partial charge on any atom is 0.123 e. The quantitative estimate of drug-likeness (QED) is 0.455. The van der Waals surface area contributed by atoms with Crippen LogP contribution in [0.2, 0.25) is 0 Å². The van der Waals surface area contributed by atoms with Gasteiger partial charge in [-0.2, -0.15) is 0 Å². The molecule has 0 aliphatic heterocycles. The lowest BCUT2D eigenvalue weighted by Gasteiger charge is -2.24. The van der Waals surface area contributed by atoms with Gasteiger partial charge in [0.15, 0.2) is 0 Å². The molecule has 0 amide bonds. The molecule has 27 heavy (non-hydrogen) atoms. The normalized spacial score (nSPS) is 12.4. The van der Waals surface area contributed by atoms with Gasteiger partial charge in [-0.05, 0) is 47.6 Å². The molecule has 0 aliphatic carbocycles. The fraction of sp³-hybridized carbons (Fsp3) is 0.435. The van der Waals surface area contributed by atoms with Crippen LogP contribution in [0, 0.1) is 5.82 Å². The van der Waals surface area contributed by atoms with Crippen LogP contribution >= 0.6 is 0 Å². The highest BCUT2D eigenvalue weighted by Crippen LogP contribution is 2.37. The van der Waals surface area contributed by atoms with E-state index >= 15 is 0 Å². The lowest BCUT2D eigenvalue weighted by Crippen LogP contribution is -2.13. The van der Waals surface area contributed by atoms with Crippen LogP contribution in [-0.4, -0.2) is 15.2 Å². The van der Waals surface area contributed by atoms with Crippen molar-refractivity contribution in [2.75, 3.05) is 0 Å². The Kier molecular flexibility index (Phi) is 7.69. The van der Waals surface area contributed by atoms with Crippen molar-refractivity contribution in [2.45, 2.75) is 65.1 Å². The predicted molar refractivity (Wildman–Crippen MR) is 108 cm³/mol. The van der Waals surface area contributed by atoms with Gasteiger partial charge in [0.2, 0.25) is 0 Å². The monoisotopic (exact) mass is 371 g/mol. The largest absolute Gasteiger partial charge is 0.392 e. The minimum atomic E-state index is -0.883. The van der Waals surface area contributed by atoms with E-state index in [1.807, 2.05) is 13.8 Å². The molecule has 2 rings (SSSR count). The van der Waals surface area contributed by atoms with Crippen LogP contribution in [0.4, 0.5) is 4.39 Å². The van der Waals surface area contributed by atoms with Gasteiger partial charge < -0.3 is 10.2 Å². The van der Waals surface area contributed by atoms with Gasteiger partial charge >= 0.3 is 0 Å². The van der Waals surface area contributed by atoms with Crippen LogP contribution in [0.5, 0.6) is 0 Å². The predicted octanol–water partition coefficient (Wildman–Crippen LogP) is 5.46. The summed E-state index contributed by atoms with van der Waals surface area (Å²) in [5.74, 6) is -0.229. The first-order valence-electron chi connectivity index (χ1n) is 9.67. The fourth-order valence-corrected chi connectivity index (χ4v) is 3.47. The van der Waals surface area contributed by atoms with Gasteiger partial charge in [-0.1, -0.05) is 51.8 Å². The highest BCUT2D eigenvalue weighted by atomic mass is 19.1. The van der Waals surface area contributed by atoms with Gasteiger partial charge in [-0.15, -0.1) is 6.58 Å². The molecule has 1 heterocycles. The summed E-state index contributed by atoms with van der Waals surface area (Å²) in [6.45, 7) is 9.72. The van der Waals surface area contributed by atoms with Crippen molar-refractivity contribution in [1.29, 1.82) is 0 Å². The van der Waals surface area contributed by atoms with E-state index in [9.17, 15) is 14.6 Å². The van der Waals surface area contributed by atoms with E-state index < -0.39 is 6.10 Å². The van der Waals surface area contributed by atoms with Crippen molar-refractivity contribution >= 4 is 0 Å². The molecular weight excluding hydrogens is 341 g/mol. The highest BCUT2D eigenvalue weighted by molar-refractivity contribution is 5.73. The first kappa shape index (κ1) is 21.3. The Hall–Kier alpha value is -2.04. The smallest absolute Gasteiger partial charge is 0.123 e. The summed E-state index contributed by atoms with van der Waals surface area (Å²) < 4.78 is 13.5. The summed E-state index contributed by atoms with van der Waals surface area (Å²) in [5.41, 5.74) is 4.70. The number of halogens is 1. The molecule has 4 heteroatoms. The molecular formula is C23H30FNO2. The first-order valence-corrected chi connectivity index (χ1v) is 9.67. The van der Waals surface area contributed by atoms with Crippen molar-refractivity contribution in [3.8, 4) is 11.1 Å². The number of unbranched alkanes of at least 4 members (excludes halogenated alkanes) is 2. The average molecular weight is 371 g/mol.